The summed E-state index contributed by atoms with van der Waals surface area (Å²) in [5, 5.41) is 3.54. The first-order valence-electron chi connectivity index (χ1n) is 7.53. The summed E-state index contributed by atoms with van der Waals surface area (Å²) >= 11 is 0. The molecule has 1 amide bonds. The molecule has 4 nitrogen and oxygen atoms in total. The molecule has 0 aromatic rings. The smallest absolute Gasteiger partial charge is 0.410 e. The Morgan fingerprint density at radius 2 is 2.00 bits per heavy atom. The third-order valence-electron chi connectivity index (χ3n) is 3.45. The van der Waals surface area contributed by atoms with Crippen molar-refractivity contribution < 1.29 is 9.53 Å². The second kappa shape index (κ2) is 7.13. The van der Waals surface area contributed by atoms with Gasteiger partial charge in [0.05, 0.1) is 0 Å². The fourth-order valence-electron chi connectivity index (χ4n) is 2.35. The summed E-state index contributed by atoms with van der Waals surface area (Å²) in [6, 6.07) is 0.701. The van der Waals surface area contributed by atoms with Crippen LogP contribution >= 0.6 is 0 Å². The lowest BCUT2D eigenvalue weighted by Gasteiger charge is -2.33. The second-order valence-corrected chi connectivity index (χ2v) is 6.64. The third-order valence-corrected chi connectivity index (χ3v) is 3.45. The zero-order valence-electron chi connectivity index (χ0n) is 13.2. The first-order valence-corrected chi connectivity index (χ1v) is 7.53. The Kier molecular flexibility index (Phi) is 6.11. The lowest BCUT2D eigenvalue weighted by molar-refractivity contribution is 0.0258. The van der Waals surface area contributed by atoms with Gasteiger partial charge in [0.25, 0.3) is 0 Å². The standard InChI is InChI=1S/C15H30N2O2/c1-6-17(14(18)19-15(3,4)5)9-7-8-16-13-10-12(2)11-13/h12-13,16H,6-11H2,1-5H3. The van der Waals surface area contributed by atoms with Crippen LogP contribution in [0.15, 0.2) is 0 Å². The van der Waals surface area contributed by atoms with Gasteiger partial charge in [0, 0.05) is 19.1 Å². The quantitative estimate of drug-likeness (QED) is 0.754. The molecule has 1 saturated carbocycles. The molecule has 1 rings (SSSR count). The Hall–Kier alpha value is -0.770. The predicted octanol–water partition coefficient (Wildman–Crippen LogP) is 3.02. The molecule has 0 aromatic carbocycles. The molecule has 1 aliphatic rings. The summed E-state index contributed by atoms with van der Waals surface area (Å²) in [6.45, 7) is 12.4. The van der Waals surface area contributed by atoms with E-state index in [1.165, 1.54) is 12.8 Å². The first-order chi connectivity index (χ1) is 8.81. The summed E-state index contributed by atoms with van der Waals surface area (Å²) in [7, 11) is 0. The fourth-order valence-corrected chi connectivity index (χ4v) is 2.35. The summed E-state index contributed by atoms with van der Waals surface area (Å²) in [5.41, 5.74) is -0.412. The number of nitrogens with one attached hydrogen (secondary N) is 1. The molecule has 0 atom stereocenters. The number of hydrogen-bond donors (Lipinski definition) is 1. The highest BCUT2D eigenvalue weighted by Crippen LogP contribution is 2.25. The molecule has 0 heterocycles. The number of nitrogens with zero attached hydrogens (tertiary/aromatic N) is 1. The molecule has 112 valence electrons. The zero-order valence-corrected chi connectivity index (χ0v) is 13.2. The summed E-state index contributed by atoms with van der Waals surface area (Å²) in [6.07, 6.45) is 3.37. The van der Waals surface area contributed by atoms with Gasteiger partial charge in [-0.15, -0.1) is 0 Å². The van der Waals surface area contributed by atoms with Crippen LogP contribution in [0.25, 0.3) is 0 Å². The van der Waals surface area contributed by atoms with Crippen molar-refractivity contribution in [1.29, 1.82) is 0 Å². The van der Waals surface area contributed by atoms with Crippen molar-refractivity contribution in [3.8, 4) is 0 Å². The Bertz CT molecular complexity index is 280. The highest BCUT2D eigenvalue weighted by atomic mass is 16.6. The molecule has 0 saturated heterocycles. The SMILES string of the molecule is CCN(CCCNC1CC(C)C1)C(=O)OC(C)(C)C. The minimum absolute atomic E-state index is 0.202. The van der Waals surface area contributed by atoms with E-state index in [4.69, 9.17) is 4.74 Å². The number of hydrogen-bond acceptors (Lipinski definition) is 3. The van der Waals surface area contributed by atoms with Gasteiger partial charge in [0.15, 0.2) is 0 Å². The maximum absolute atomic E-state index is 11.9. The summed E-state index contributed by atoms with van der Waals surface area (Å²) in [5.74, 6) is 0.881. The number of ether oxygens (including phenoxy) is 1. The van der Waals surface area contributed by atoms with Crippen LogP contribution in [-0.2, 0) is 4.74 Å². The van der Waals surface area contributed by atoms with Crippen LogP contribution in [0.4, 0.5) is 4.79 Å². The molecular weight excluding hydrogens is 240 g/mol. The summed E-state index contributed by atoms with van der Waals surface area (Å²) < 4.78 is 5.38. The van der Waals surface area contributed by atoms with E-state index in [-0.39, 0.29) is 6.09 Å². The predicted molar refractivity (Wildman–Crippen MR) is 78.3 cm³/mol. The van der Waals surface area contributed by atoms with Crippen molar-refractivity contribution in [3.05, 3.63) is 0 Å². The molecular formula is C15H30N2O2. The second-order valence-electron chi connectivity index (χ2n) is 6.64. The molecule has 0 spiro atoms. The monoisotopic (exact) mass is 270 g/mol. The highest BCUT2D eigenvalue weighted by molar-refractivity contribution is 5.68. The molecule has 0 radical (unpaired) electrons. The van der Waals surface area contributed by atoms with E-state index in [0.717, 1.165) is 25.4 Å². The molecule has 0 bridgehead atoms. The van der Waals surface area contributed by atoms with Crippen molar-refractivity contribution in [1.82, 2.24) is 10.2 Å². The molecule has 0 aliphatic heterocycles. The Morgan fingerprint density at radius 3 is 2.47 bits per heavy atom. The molecule has 0 aromatic heterocycles. The van der Waals surface area contributed by atoms with Crippen molar-refractivity contribution in [2.75, 3.05) is 19.6 Å². The van der Waals surface area contributed by atoms with E-state index in [9.17, 15) is 4.79 Å². The summed E-state index contributed by atoms with van der Waals surface area (Å²) in [4.78, 5) is 13.7. The van der Waals surface area contributed by atoms with E-state index in [0.29, 0.717) is 12.6 Å². The van der Waals surface area contributed by atoms with Gasteiger partial charge in [0.1, 0.15) is 5.60 Å². The van der Waals surface area contributed by atoms with Gasteiger partial charge in [-0.2, -0.15) is 0 Å². The van der Waals surface area contributed by atoms with Crippen LogP contribution in [0.1, 0.15) is 53.9 Å². The Balaban J connectivity index is 2.15. The van der Waals surface area contributed by atoms with Crippen molar-refractivity contribution in [2.45, 2.75) is 65.5 Å². The Labute approximate surface area is 117 Å². The van der Waals surface area contributed by atoms with Crippen LogP contribution in [0, 0.1) is 5.92 Å². The van der Waals surface area contributed by atoms with E-state index in [2.05, 4.69) is 12.2 Å². The minimum Gasteiger partial charge on any atom is -0.444 e. The first kappa shape index (κ1) is 16.3. The van der Waals surface area contributed by atoms with E-state index in [1.807, 2.05) is 27.7 Å². The van der Waals surface area contributed by atoms with Gasteiger partial charge in [-0.3, -0.25) is 0 Å². The zero-order chi connectivity index (χ0) is 14.5. The van der Waals surface area contributed by atoms with Gasteiger partial charge < -0.3 is 15.0 Å². The van der Waals surface area contributed by atoms with Crippen LogP contribution in [0.5, 0.6) is 0 Å². The molecule has 1 aliphatic carbocycles. The van der Waals surface area contributed by atoms with Crippen molar-refractivity contribution >= 4 is 6.09 Å². The van der Waals surface area contributed by atoms with Gasteiger partial charge >= 0.3 is 6.09 Å². The fraction of sp³-hybridized carbons (Fsp3) is 0.933. The van der Waals surface area contributed by atoms with E-state index >= 15 is 0 Å². The van der Waals surface area contributed by atoms with E-state index < -0.39 is 5.60 Å². The molecule has 4 heteroatoms. The Morgan fingerprint density at radius 1 is 1.37 bits per heavy atom. The van der Waals surface area contributed by atoms with Crippen LogP contribution in [-0.4, -0.2) is 42.3 Å². The maximum atomic E-state index is 11.9. The number of amides is 1. The molecule has 0 unspecified atom stereocenters. The minimum atomic E-state index is -0.412. The average Bonchev–Trinajstić information content (AvgIpc) is 2.23. The van der Waals surface area contributed by atoms with Gasteiger partial charge in [-0.25, -0.2) is 4.79 Å². The largest absolute Gasteiger partial charge is 0.444 e. The normalized spacial score (nSPS) is 22.8. The third kappa shape index (κ3) is 6.28. The topological polar surface area (TPSA) is 41.6 Å². The van der Waals surface area contributed by atoms with Gasteiger partial charge in [-0.05, 0) is 59.4 Å². The lowest BCUT2D eigenvalue weighted by atomic mass is 9.82. The number of carbonyl (C=O) groups excluding carboxylic acids is 1. The van der Waals surface area contributed by atoms with Crippen LogP contribution < -0.4 is 5.32 Å². The van der Waals surface area contributed by atoms with Gasteiger partial charge in [-0.1, -0.05) is 6.92 Å². The van der Waals surface area contributed by atoms with Gasteiger partial charge in [0.2, 0.25) is 0 Å². The lowest BCUT2D eigenvalue weighted by Crippen LogP contribution is -2.42. The number of rotatable bonds is 6. The van der Waals surface area contributed by atoms with Crippen molar-refractivity contribution in [2.24, 2.45) is 5.92 Å². The number of carbonyl (C=O) groups is 1. The molecule has 1 N–H and O–H groups in total. The van der Waals surface area contributed by atoms with Crippen molar-refractivity contribution in [3.63, 3.8) is 0 Å². The van der Waals surface area contributed by atoms with E-state index in [1.54, 1.807) is 4.90 Å². The maximum Gasteiger partial charge on any atom is 0.410 e. The van der Waals surface area contributed by atoms with Crippen LogP contribution in [0.3, 0.4) is 0 Å². The van der Waals surface area contributed by atoms with Crippen LogP contribution in [0.2, 0.25) is 0 Å². The molecule has 19 heavy (non-hydrogen) atoms. The highest BCUT2D eigenvalue weighted by Gasteiger charge is 2.24. The average molecular weight is 270 g/mol. The molecule has 1 fully saturated rings.